The van der Waals surface area contributed by atoms with Crippen molar-refractivity contribution in [1.82, 2.24) is 9.13 Å². The lowest BCUT2D eigenvalue weighted by atomic mass is 10.3. The van der Waals surface area contributed by atoms with Gasteiger partial charge < -0.3 is 0 Å². The van der Waals surface area contributed by atoms with E-state index in [9.17, 15) is 19.2 Å². The molecule has 0 radical (unpaired) electrons. The molecule has 160 valence electrons. The van der Waals surface area contributed by atoms with Crippen LogP contribution in [0.3, 0.4) is 0 Å². The Morgan fingerprint density at radius 2 is 0.812 bits per heavy atom. The van der Waals surface area contributed by atoms with Gasteiger partial charge >= 0.3 is 0 Å². The molecule has 0 aliphatic carbocycles. The van der Waals surface area contributed by atoms with Crippen molar-refractivity contribution in [3.05, 3.63) is 89.9 Å². The van der Waals surface area contributed by atoms with Crippen molar-refractivity contribution in [2.24, 2.45) is 10.3 Å². The van der Waals surface area contributed by atoms with Gasteiger partial charge in [0.2, 0.25) is 0 Å². The van der Waals surface area contributed by atoms with E-state index in [1.54, 1.807) is 48.5 Å². The van der Waals surface area contributed by atoms with Crippen molar-refractivity contribution >= 4 is 65.4 Å². The van der Waals surface area contributed by atoms with Crippen LogP contribution in [0, 0.1) is 0 Å². The summed E-state index contributed by atoms with van der Waals surface area (Å²) in [6, 6.07) is 13.3. The molecule has 2 aromatic carbocycles. The fourth-order valence-corrected chi connectivity index (χ4v) is 6.29. The molecule has 8 nitrogen and oxygen atoms in total. The van der Waals surface area contributed by atoms with E-state index in [1.807, 2.05) is 0 Å². The molecule has 0 amide bonds. The van der Waals surface area contributed by atoms with Crippen LogP contribution in [0.25, 0.3) is 30.2 Å². The standard InChI is InChI=1S/C20H12N4O4S4/c21-31-11-5-1-9(2-6-11)23-17(25)13-14(18(23)26)30-16-15(29-13)19(27)24(20(16)28)10-3-7-12(32-22)8-4-10/h1-8H,21-22H2. The lowest BCUT2D eigenvalue weighted by molar-refractivity contribution is 0.989. The van der Waals surface area contributed by atoms with E-state index in [4.69, 9.17) is 10.3 Å². The predicted molar refractivity (Wildman–Crippen MR) is 132 cm³/mol. The van der Waals surface area contributed by atoms with Gasteiger partial charge in [-0.05, 0) is 72.4 Å². The first kappa shape index (κ1) is 21.1. The van der Waals surface area contributed by atoms with Crippen LogP contribution in [-0.2, 0) is 0 Å². The van der Waals surface area contributed by atoms with Crippen molar-refractivity contribution in [2.75, 3.05) is 0 Å². The molecular weight excluding hydrogens is 489 g/mol. The first-order valence-corrected chi connectivity index (χ1v) is 12.4. The highest BCUT2D eigenvalue weighted by Gasteiger charge is 2.22. The van der Waals surface area contributed by atoms with Gasteiger partial charge in [-0.15, -0.1) is 22.7 Å². The molecule has 0 fully saturated rings. The van der Waals surface area contributed by atoms with Gasteiger partial charge in [0.1, 0.15) is 18.8 Å². The fourth-order valence-electron chi connectivity index (χ4n) is 3.36. The molecule has 0 atom stereocenters. The van der Waals surface area contributed by atoms with E-state index in [-0.39, 0.29) is 18.8 Å². The molecule has 0 unspecified atom stereocenters. The van der Waals surface area contributed by atoms with Crippen LogP contribution >= 0.6 is 46.6 Å². The van der Waals surface area contributed by atoms with Crippen molar-refractivity contribution in [3.8, 4) is 11.4 Å². The summed E-state index contributed by atoms with van der Waals surface area (Å²) in [6.45, 7) is 0. The Kier molecular flexibility index (Phi) is 5.28. The van der Waals surface area contributed by atoms with E-state index < -0.39 is 22.2 Å². The summed E-state index contributed by atoms with van der Waals surface area (Å²) >= 11 is 3.86. The Bertz CT molecular complexity index is 1510. The number of hydrogen-bond donors (Lipinski definition) is 2. The van der Waals surface area contributed by atoms with E-state index >= 15 is 0 Å². The zero-order chi connectivity index (χ0) is 22.6. The third-order valence-corrected chi connectivity index (χ3v) is 8.55. The summed E-state index contributed by atoms with van der Waals surface area (Å²) in [7, 11) is 0. The summed E-state index contributed by atoms with van der Waals surface area (Å²) in [5.41, 5.74) is -1.30. The van der Waals surface area contributed by atoms with E-state index in [0.717, 1.165) is 65.5 Å². The number of hydrogen-bond acceptors (Lipinski definition) is 10. The third-order valence-electron chi connectivity index (χ3n) is 4.87. The Morgan fingerprint density at radius 3 is 1.06 bits per heavy atom. The second-order valence-electron chi connectivity index (χ2n) is 6.64. The first-order valence-electron chi connectivity index (χ1n) is 9.00. The zero-order valence-corrected chi connectivity index (χ0v) is 19.2. The maximum atomic E-state index is 13.0. The molecule has 0 saturated carbocycles. The van der Waals surface area contributed by atoms with Crippen molar-refractivity contribution < 1.29 is 0 Å². The quantitative estimate of drug-likeness (QED) is 0.360. The molecule has 0 saturated heterocycles. The normalized spacial score (nSPS) is 11.6. The highest BCUT2D eigenvalue weighted by molar-refractivity contribution is 7.97. The minimum Gasteiger partial charge on any atom is -0.274 e. The van der Waals surface area contributed by atoms with Crippen molar-refractivity contribution in [2.45, 2.75) is 9.79 Å². The monoisotopic (exact) mass is 500 g/mol. The average Bonchev–Trinajstić information content (AvgIpc) is 3.22. The van der Waals surface area contributed by atoms with Gasteiger partial charge in [0.15, 0.2) is 0 Å². The van der Waals surface area contributed by atoms with Crippen molar-refractivity contribution in [1.29, 1.82) is 0 Å². The molecule has 4 N–H and O–H groups in total. The fraction of sp³-hybridized carbons (Fsp3) is 0. The molecule has 3 aromatic heterocycles. The maximum Gasteiger partial charge on any atom is 0.277 e. The number of benzene rings is 2. The molecule has 0 spiro atoms. The van der Waals surface area contributed by atoms with E-state index in [1.165, 1.54) is 0 Å². The first-order chi connectivity index (χ1) is 15.4. The lowest BCUT2D eigenvalue weighted by Crippen LogP contribution is -2.23. The molecule has 32 heavy (non-hydrogen) atoms. The Morgan fingerprint density at radius 1 is 0.531 bits per heavy atom. The number of aromatic nitrogens is 2. The minimum atomic E-state index is -0.523. The van der Waals surface area contributed by atoms with Crippen LogP contribution in [0.4, 0.5) is 0 Å². The SMILES string of the molecule is NSc1ccc(-n2c(=O)c3sc4c(=O)n(-c5ccc(SN)cc5)c(=O)c4sc3c2=O)cc1. The zero-order valence-electron chi connectivity index (χ0n) is 15.9. The summed E-state index contributed by atoms with van der Waals surface area (Å²) in [6.07, 6.45) is 0. The van der Waals surface area contributed by atoms with Gasteiger partial charge in [-0.2, -0.15) is 0 Å². The van der Waals surface area contributed by atoms with Crippen LogP contribution in [0.15, 0.2) is 77.5 Å². The molecule has 3 heterocycles. The van der Waals surface area contributed by atoms with Crippen LogP contribution in [0.1, 0.15) is 0 Å². The van der Waals surface area contributed by atoms with Gasteiger partial charge in [0, 0.05) is 9.79 Å². The van der Waals surface area contributed by atoms with Crippen LogP contribution in [-0.4, -0.2) is 9.13 Å². The topological polar surface area (TPSA) is 130 Å². The van der Waals surface area contributed by atoms with Gasteiger partial charge in [-0.3, -0.25) is 29.5 Å². The summed E-state index contributed by atoms with van der Waals surface area (Å²) in [4.78, 5) is 53.7. The second kappa shape index (κ2) is 7.99. The summed E-state index contributed by atoms with van der Waals surface area (Å²) in [5.74, 6) is 0. The third kappa shape index (κ3) is 3.15. The Hall–Kier alpha value is -2.74. The second-order valence-corrected chi connectivity index (χ2v) is 10.1. The molecule has 0 aliphatic heterocycles. The number of rotatable bonds is 4. The number of fused-ring (bicyclic) bond motifs is 2. The van der Waals surface area contributed by atoms with Crippen LogP contribution in [0.5, 0.6) is 0 Å². The van der Waals surface area contributed by atoms with Crippen molar-refractivity contribution in [3.63, 3.8) is 0 Å². The van der Waals surface area contributed by atoms with E-state index in [0.29, 0.717) is 11.4 Å². The smallest absolute Gasteiger partial charge is 0.274 e. The average molecular weight is 501 g/mol. The molecule has 0 aliphatic rings. The van der Waals surface area contributed by atoms with Crippen LogP contribution in [0.2, 0.25) is 0 Å². The molecular formula is C20H12N4O4S4. The molecule has 0 bridgehead atoms. The Balaban J connectivity index is 1.76. The number of nitrogens with two attached hydrogens (primary N) is 2. The Labute approximate surface area is 195 Å². The highest BCUT2D eigenvalue weighted by Crippen LogP contribution is 2.27. The predicted octanol–water partition coefficient (Wildman–Crippen LogP) is 2.51. The summed E-state index contributed by atoms with van der Waals surface area (Å²) in [5, 5.41) is 11.0. The van der Waals surface area contributed by atoms with Gasteiger partial charge in [-0.25, -0.2) is 9.13 Å². The lowest BCUT2D eigenvalue weighted by Gasteiger charge is -2.01. The summed E-state index contributed by atoms with van der Waals surface area (Å²) < 4.78 is 2.69. The van der Waals surface area contributed by atoms with Gasteiger partial charge in [-0.1, -0.05) is 0 Å². The van der Waals surface area contributed by atoms with Gasteiger partial charge in [0.05, 0.1) is 11.4 Å². The molecule has 12 heteroatoms. The molecule has 5 aromatic rings. The highest BCUT2D eigenvalue weighted by atomic mass is 32.2. The maximum absolute atomic E-state index is 13.0. The largest absolute Gasteiger partial charge is 0.277 e. The van der Waals surface area contributed by atoms with Gasteiger partial charge in [0.25, 0.3) is 22.2 Å². The number of nitrogens with zero attached hydrogens (tertiary/aromatic N) is 2. The van der Waals surface area contributed by atoms with E-state index in [2.05, 4.69) is 0 Å². The van der Waals surface area contributed by atoms with Crippen LogP contribution < -0.4 is 32.5 Å². The molecule has 5 rings (SSSR count). The minimum absolute atomic E-state index is 0.147.